The van der Waals surface area contributed by atoms with Crippen LogP contribution in [0.1, 0.15) is 55.8 Å². The van der Waals surface area contributed by atoms with Crippen LogP contribution in [-0.4, -0.2) is 10.1 Å². The van der Waals surface area contributed by atoms with Gasteiger partial charge in [-0.2, -0.15) is 4.98 Å². The molecular weight excluding hydrogens is 345 g/mol. The molecule has 1 atom stereocenters. The van der Waals surface area contributed by atoms with Gasteiger partial charge in [0.05, 0.1) is 21.5 Å². The van der Waals surface area contributed by atoms with Gasteiger partial charge in [-0.3, -0.25) is 0 Å². The van der Waals surface area contributed by atoms with E-state index in [0.717, 1.165) is 31.2 Å². The summed E-state index contributed by atoms with van der Waals surface area (Å²) in [5.41, 5.74) is 6.90. The van der Waals surface area contributed by atoms with Crippen LogP contribution in [0.25, 0.3) is 0 Å². The SMILES string of the molecule is CC(c1ccc(Cl)c(Cl)c1)c1nc(C2(N)CCCC2)no1.Cl. The summed E-state index contributed by atoms with van der Waals surface area (Å²) < 4.78 is 5.41. The average molecular weight is 363 g/mol. The zero-order valence-electron chi connectivity index (χ0n) is 12.2. The Morgan fingerprint density at radius 1 is 1.23 bits per heavy atom. The predicted octanol–water partition coefficient (Wildman–Crippen LogP) is 4.68. The van der Waals surface area contributed by atoms with Gasteiger partial charge in [0.15, 0.2) is 5.82 Å². The number of aromatic nitrogens is 2. The molecule has 1 unspecified atom stereocenters. The molecule has 3 rings (SSSR count). The molecule has 1 heterocycles. The lowest BCUT2D eigenvalue weighted by Crippen LogP contribution is -2.34. The summed E-state index contributed by atoms with van der Waals surface area (Å²) in [6, 6.07) is 5.51. The lowest BCUT2D eigenvalue weighted by atomic mass is 9.98. The normalized spacial score (nSPS) is 18.0. The van der Waals surface area contributed by atoms with Gasteiger partial charge < -0.3 is 10.3 Å². The first-order chi connectivity index (χ1) is 9.99. The maximum atomic E-state index is 6.35. The van der Waals surface area contributed by atoms with E-state index in [2.05, 4.69) is 10.1 Å². The molecule has 1 fully saturated rings. The van der Waals surface area contributed by atoms with E-state index in [9.17, 15) is 0 Å². The van der Waals surface area contributed by atoms with Gasteiger partial charge in [0.2, 0.25) is 5.89 Å². The largest absolute Gasteiger partial charge is 0.339 e. The molecule has 1 aromatic carbocycles. The molecule has 1 aromatic heterocycles. The molecule has 7 heteroatoms. The quantitative estimate of drug-likeness (QED) is 0.861. The molecule has 120 valence electrons. The fourth-order valence-corrected chi connectivity index (χ4v) is 3.07. The average Bonchev–Trinajstić information content (AvgIpc) is 3.11. The van der Waals surface area contributed by atoms with E-state index in [0.29, 0.717) is 21.8 Å². The third-order valence-corrected chi connectivity index (χ3v) is 4.94. The number of hydrogen-bond acceptors (Lipinski definition) is 4. The number of rotatable bonds is 3. The van der Waals surface area contributed by atoms with Gasteiger partial charge in [0, 0.05) is 0 Å². The van der Waals surface area contributed by atoms with Crippen molar-refractivity contribution in [2.24, 2.45) is 5.73 Å². The maximum Gasteiger partial charge on any atom is 0.233 e. The molecule has 22 heavy (non-hydrogen) atoms. The minimum Gasteiger partial charge on any atom is -0.339 e. The number of nitrogens with zero attached hydrogens (tertiary/aromatic N) is 2. The Kier molecular flexibility index (Phi) is 5.38. The van der Waals surface area contributed by atoms with Crippen LogP contribution >= 0.6 is 35.6 Å². The standard InChI is InChI=1S/C15H17Cl2N3O.ClH/c1-9(10-4-5-11(16)12(17)8-10)13-19-14(20-21-13)15(18)6-2-3-7-15;/h4-5,8-9H,2-3,6-7,18H2,1H3;1H. The van der Waals surface area contributed by atoms with Gasteiger partial charge in [0.25, 0.3) is 0 Å². The molecule has 0 bridgehead atoms. The summed E-state index contributed by atoms with van der Waals surface area (Å²) in [5.74, 6) is 1.12. The lowest BCUT2D eigenvalue weighted by molar-refractivity contribution is 0.344. The number of halogens is 3. The van der Waals surface area contributed by atoms with Crippen LogP contribution in [0.5, 0.6) is 0 Å². The van der Waals surface area contributed by atoms with Crippen molar-refractivity contribution in [3.8, 4) is 0 Å². The van der Waals surface area contributed by atoms with Gasteiger partial charge in [-0.25, -0.2) is 0 Å². The molecule has 0 amide bonds. The topological polar surface area (TPSA) is 64.9 Å². The van der Waals surface area contributed by atoms with Gasteiger partial charge in [0.1, 0.15) is 0 Å². The number of hydrogen-bond donors (Lipinski definition) is 1. The van der Waals surface area contributed by atoms with Gasteiger partial charge in [-0.1, -0.05) is 47.3 Å². The van der Waals surface area contributed by atoms with Crippen molar-refractivity contribution in [3.05, 3.63) is 45.5 Å². The van der Waals surface area contributed by atoms with Crippen LogP contribution in [0.2, 0.25) is 10.0 Å². The maximum absolute atomic E-state index is 6.35. The molecule has 1 aliphatic carbocycles. The highest BCUT2D eigenvalue weighted by Crippen LogP contribution is 2.36. The summed E-state index contributed by atoms with van der Waals surface area (Å²) >= 11 is 12.0. The van der Waals surface area contributed by atoms with E-state index in [1.165, 1.54) is 0 Å². The van der Waals surface area contributed by atoms with Crippen molar-refractivity contribution in [2.75, 3.05) is 0 Å². The summed E-state index contributed by atoms with van der Waals surface area (Å²) in [5, 5.41) is 5.14. The highest BCUT2D eigenvalue weighted by atomic mass is 35.5. The van der Waals surface area contributed by atoms with Crippen LogP contribution in [0.15, 0.2) is 22.7 Å². The highest BCUT2D eigenvalue weighted by Gasteiger charge is 2.36. The zero-order chi connectivity index (χ0) is 15.0. The van der Waals surface area contributed by atoms with Crippen LogP contribution in [0.4, 0.5) is 0 Å². The van der Waals surface area contributed by atoms with Crippen molar-refractivity contribution >= 4 is 35.6 Å². The molecule has 0 radical (unpaired) electrons. The molecule has 1 aliphatic rings. The summed E-state index contributed by atoms with van der Waals surface area (Å²) in [7, 11) is 0. The molecule has 0 saturated heterocycles. The van der Waals surface area contributed by atoms with Crippen molar-refractivity contribution in [1.29, 1.82) is 0 Å². The first-order valence-electron chi connectivity index (χ1n) is 7.07. The molecule has 2 aromatic rings. The van der Waals surface area contributed by atoms with E-state index in [4.69, 9.17) is 33.5 Å². The van der Waals surface area contributed by atoms with Gasteiger partial charge in [-0.15, -0.1) is 12.4 Å². The molecular formula is C15H18Cl3N3O. The second-order valence-corrected chi connectivity index (χ2v) is 6.53. The van der Waals surface area contributed by atoms with Crippen LogP contribution in [0.3, 0.4) is 0 Å². The van der Waals surface area contributed by atoms with E-state index < -0.39 is 5.54 Å². The Balaban J connectivity index is 0.00000176. The van der Waals surface area contributed by atoms with Crippen LogP contribution in [-0.2, 0) is 5.54 Å². The minimum absolute atomic E-state index is 0. The lowest BCUT2D eigenvalue weighted by Gasteiger charge is -2.17. The van der Waals surface area contributed by atoms with E-state index in [1.807, 2.05) is 19.1 Å². The van der Waals surface area contributed by atoms with Crippen LogP contribution in [0, 0.1) is 0 Å². The summed E-state index contributed by atoms with van der Waals surface area (Å²) in [4.78, 5) is 4.51. The minimum atomic E-state index is -0.431. The molecule has 2 N–H and O–H groups in total. The van der Waals surface area contributed by atoms with E-state index >= 15 is 0 Å². The van der Waals surface area contributed by atoms with Crippen LogP contribution < -0.4 is 5.73 Å². The predicted molar refractivity (Wildman–Crippen MR) is 89.9 cm³/mol. The summed E-state index contributed by atoms with van der Waals surface area (Å²) in [6.07, 6.45) is 4.05. The van der Waals surface area contributed by atoms with Crippen molar-refractivity contribution in [2.45, 2.75) is 44.1 Å². The Labute approximate surface area is 145 Å². The van der Waals surface area contributed by atoms with Gasteiger partial charge >= 0.3 is 0 Å². The first-order valence-corrected chi connectivity index (χ1v) is 7.83. The Morgan fingerprint density at radius 2 is 1.91 bits per heavy atom. The van der Waals surface area contributed by atoms with Crippen molar-refractivity contribution in [3.63, 3.8) is 0 Å². The third-order valence-electron chi connectivity index (χ3n) is 4.20. The fraction of sp³-hybridized carbons (Fsp3) is 0.467. The second kappa shape index (κ2) is 6.75. The Hall–Kier alpha value is -0.810. The second-order valence-electron chi connectivity index (χ2n) is 5.71. The first kappa shape index (κ1) is 17.5. The fourth-order valence-electron chi connectivity index (χ4n) is 2.77. The van der Waals surface area contributed by atoms with E-state index in [1.54, 1.807) is 6.07 Å². The Bertz CT molecular complexity index is 653. The molecule has 0 spiro atoms. The van der Waals surface area contributed by atoms with Crippen molar-refractivity contribution in [1.82, 2.24) is 10.1 Å². The third kappa shape index (κ3) is 3.25. The smallest absolute Gasteiger partial charge is 0.233 e. The van der Waals surface area contributed by atoms with Gasteiger partial charge in [-0.05, 0) is 37.5 Å². The summed E-state index contributed by atoms with van der Waals surface area (Å²) in [6.45, 7) is 1.99. The number of nitrogens with two attached hydrogens (primary N) is 1. The van der Waals surface area contributed by atoms with Crippen molar-refractivity contribution < 1.29 is 4.52 Å². The Morgan fingerprint density at radius 3 is 2.55 bits per heavy atom. The zero-order valence-corrected chi connectivity index (χ0v) is 14.5. The molecule has 1 saturated carbocycles. The number of benzene rings is 1. The van der Waals surface area contributed by atoms with E-state index in [-0.39, 0.29) is 18.3 Å². The highest BCUT2D eigenvalue weighted by molar-refractivity contribution is 6.42. The molecule has 4 nitrogen and oxygen atoms in total. The molecule has 0 aliphatic heterocycles. The monoisotopic (exact) mass is 361 g/mol.